The van der Waals surface area contributed by atoms with E-state index in [0.29, 0.717) is 24.5 Å². The van der Waals surface area contributed by atoms with Crippen molar-refractivity contribution in [2.75, 3.05) is 5.73 Å². The number of amides is 1. The smallest absolute Gasteiger partial charge is 0.274 e. The van der Waals surface area contributed by atoms with Crippen molar-refractivity contribution < 1.29 is 4.79 Å². The second kappa shape index (κ2) is 5.22. The minimum absolute atomic E-state index is 0.231. The molecule has 5 nitrogen and oxygen atoms in total. The molecule has 18 heavy (non-hydrogen) atoms. The Balaban J connectivity index is 2.03. The number of hydrogen-bond acceptors (Lipinski definition) is 4. The average Bonchev–Trinajstić information content (AvgIpc) is 2.92. The van der Waals surface area contributed by atoms with Crippen molar-refractivity contribution >= 4 is 22.9 Å². The monoisotopic (exact) mass is 264 g/mol. The van der Waals surface area contributed by atoms with Crippen LogP contribution in [0.4, 0.5) is 5.69 Å². The molecular formula is C12H16N4OS. The molecule has 0 aliphatic heterocycles. The Morgan fingerprint density at radius 1 is 1.56 bits per heavy atom. The van der Waals surface area contributed by atoms with E-state index >= 15 is 0 Å². The van der Waals surface area contributed by atoms with Crippen LogP contribution >= 0.6 is 11.3 Å². The van der Waals surface area contributed by atoms with Gasteiger partial charge in [0.1, 0.15) is 0 Å². The Bertz CT molecular complexity index is 558. The molecule has 96 valence electrons. The van der Waals surface area contributed by atoms with Crippen molar-refractivity contribution in [2.24, 2.45) is 0 Å². The number of nitrogens with zero attached hydrogens (tertiary/aromatic N) is 2. The molecule has 2 aromatic rings. The van der Waals surface area contributed by atoms with Gasteiger partial charge in [-0.1, -0.05) is 0 Å². The zero-order valence-corrected chi connectivity index (χ0v) is 11.3. The summed E-state index contributed by atoms with van der Waals surface area (Å²) in [5.41, 5.74) is 8.78. The summed E-state index contributed by atoms with van der Waals surface area (Å²) in [4.78, 5) is 11.9. The van der Waals surface area contributed by atoms with E-state index < -0.39 is 0 Å². The van der Waals surface area contributed by atoms with Crippen LogP contribution in [-0.4, -0.2) is 15.7 Å². The molecule has 0 spiro atoms. The predicted molar refractivity (Wildman–Crippen MR) is 72.5 cm³/mol. The summed E-state index contributed by atoms with van der Waals surface area (Å²) in [5, 5.41) is 11.1. The largest absolute Gasteiger partial charge is 0.396 e. The van der Waals surface area contributed by atoms with Crippen LogP contribution in [0.5, 0.6) is 0 Å². The van der Waals surface area contributed by atoms with Crippen LogP contribution < -0.4 is 11.1 Å². The Morgan fingerprint density at radius 2 is 2.33 bits per heavy atom. The molecule has 0 saturated carbocycles. The van der Waals surface area contributed by atoms with Gasteiger partial charge in [0.15, 0.2) is 5.69 Å². The van der Waals surface area contributed by atoms with E-state index in [4.69, 9.17) is 5.73 Å². The van der Waals surface area contributed by atoms with E-state index in [1.54, 1.807) is 22.2 Å². The molecule has 0 radical (unpaired) electrons. The van der Waals surface area contributed by atoms with Crippen LogP contribution in [0.3, 0.4) is 0 Å². The highest BCUT2D eigenvalue weighted by atomic mass is 32.1. The number of aromatic nitrogens is 2. The lowest BCUT2D eigenvalue weighted by atomic mass is 10.2. The minimum Gasteiger partial charge on any atom is -0.396 e. The van der Waals surface area contributed by atoms with E-state index in [-0.39, 0.29) is 5.91 Å². The number of carbonyl (C=O) groups excluding carboxylic acids is 1. The summed E-state index contributed by atoms with van der Waals surface area (Å²) < 4.78 is 1.65. The van der Waals surface area contributed by atoms with Crippen LogP contribution in [0.15, 0.2) is 17.0 Å². The van der Waals surface area contributed by atoms with Crippen molar-refractivity contribution in [2.45, 2.75) is 26.9 Å². The zero-order chi connectivity index (χ0) is 13.1. The van der Waals surface area contributed by atoms with Gasteiger partial charge in [-0.3, -0.25) is 9.48 Å². The van der Waals surface area contributed by atoms with Crippen molar-refractivity contribution in [3.05, 3.63) is 33.8 Å². The van der Waals surface area contributed by atoms with Gasteiger partial charge in [0.2, 0.25) is 0 Å². The summed E-state index contributed by atoms with van der Waals surface area (Å²) in [6.45, 7) is 5.18. The van der Waals surface area contributed by atoms with E-state index in [0.717, 1.165) is 5.56 Å². The predicted octanol–water partition coefficient (Wildman–Crippen LogP) is 1.79. The van der Waals surface area contributed by atoms with Gasteiger partial charge in [-0.2, -0.15) is 16.4 Å². The van der Waals surface area contributed by atoms with Crippen LogP contribution in [-0.2, 0) is 13.1 Å². The van der Waals surface area contributed by atoms with E-state index in [2.05, 4.69) is 15.8 Å². The molecule has 0 unspecified atom stereocenters. The lowest BCUT2D eigenvalue weighted by molar-refractivity contribution is 0.0946. The normalized spacial score (nSPS) is 10.6. The summed E-state index contributed by atoms with van der Waals surface area (Å²) in [5.74, 6) is -0.231. The number of aryl methyl sites for hydroxylation is 2. The van der Waals surface area contributed by atoms with Gasteiger partial charge in [0.05, 0.1) is 5.69 Å². The van der Waals surface area contributed by atoms with Crippen molar-refractivity contribution in [3.8, 4) is 0 Å². The molecule has 0 saturated heterocycles. The SMILES string of the molecule is CCn1cc(N)c(C(=O)NCc2cscc2C)n1. The first-order chi connectivity index (χ1) is 8.61. The van der Waals surface area contributed by atoms with Crippen LogP contribution in [0.25, 0.3) is 0 Å². The van der Waals surface area contributed by atoms with Gasteiger partial charge in [-0.05, 0) is 35.7 Å². The highest BCUT2D eigenvalue weighted by Crippen LogP contribution is 2.14. The highest BCUT2D eigenvalue weighted by molar-refractivity contribution is 7.08. The van der Waals surface area contributed by atoms with Crippen molar-refractivity contribution in [1.82, 2.24) is 15.1 Å². The molecule has 2 aromatic heterocycles. The maximum Gasteiger partial charge on any atom is 0.274 e. The lowest BCUT2D eigenvalue weighted by Crippen LogP contribution is -2.24. The van der Waals surface area contributed by atoms with Gasteiger partial charge >= 0.3 is 0 Å². The molecule has 2 heterocycles. The summed E-state index contributed by atoms with van der Waals surface area (Å²) in [7, 11) is 0. The van der Waals surface area contributed by atoms with Gasteiger partial charge < -0.3 is 11.1 Å². The van der Waals surface area contributed by atoms with Crippen molar-refractivity contribution in [1.29, 1.82) is 0 Å². The standard InChI is InChI=1S/C12H16N4OS/c1-3-16-5-10(13)11(15-16)12(17)14-4-9-7-18-6-8(9)2/h5-7H,3-4,13H2,1-2H3,(H,14,17). The molecule has 6 heteroatoms. The first kappa shape index (κ1) is 12.6. The number of hydrogen-bond donors (Lipinski definition) is 2. The number of nitrogens with one attached hydrogen (secondary N) is 1. The first-order valence-corrected chi connectivity index (χ1v) is 6.69. The molecule has 0 aliphatic rings. The van der Waals surface area contributed by atoms with E-state index in [1.807, 2.05) is 19.2 Å². The third-order valence-electron chi connectivity index (χ3n) is 2.73. The van der Waals surface area contributed by atoms with Gasteiger partial charge in [0, 0.05) is 19.3 Å². The molecule has 0 fully saturated rings. The fourth-order valence-corrected chi connectivity index (χ4v) is 2.46. The molecule has 3 N–H and O–H groups in total. The van der Waals surface area contributed by atoms with Crippen LogP contribution in [0, 0.1) is 6.92 Å². The second-order valence-corrected chi connectivity index (χ2v) is 4.80. The molecule has 0 atom stereocenters. The lowest BCUT2D eigenvalue weighted by Gasteiger charge is -2.03. The fraction of sp³-hybridized carbons (Fsp3) is 0.333. The molecule has 2 rings (SSSR count). The number of nitrogens with two attached hydrogens (primary N) is 1. The molecule has 1 amide bonds. The van der Waals surface area contributed by atoms with Gasteiger partial charge in [-0.25, -0.2) is 0 Å². The molecule has 0 aromatic carbocycles. The van der Waals surface area contributed by atoms with Gasteiger partial charge in [0.25, 0.3) is 5.91 Å². The average molecular weight is 264 g/mol. The first-order valence-electron chi connectivity index (χ1n) is 5.74. The quantitative estimate of drug-likeness (QED) is 0.884. The molecular weight excluding hydrogens is 248 g/mol. The fourth-order valence-electron chi connectivity index (χ4n) is 1.60. The number of nitrogen functional groups attached to an aromatic ring is 1. The Morgan fingerprint density at radius 3 is 2.89 bits per heavy atom. The number of carbonyl (C=O) groups is 1. The summed E-state index contributed by atoms with van der Waals surface area (Å²) in [6, 6.07) is 0. The number of rotatable bonds is 4. The van der Waals surface area contributed by atoms with E-state index in [9.17, 15) is 4.79 Å². The molecule has 0 aliphatic carbocycles. The summed E-state index contributed by atoms with van der Waals surface area (Å²) in [6.07, 6.45) is 1.67. The van der Waals surface area contributed by atoms with Gasteiger partial charge in [-0.15, -0.1) is 0 Å². The third-order valence-corrected chi connectivity index (χ3v) is 3.64. The Hall–Kier alpha value is -1.82. The minimum atomic E-state index is -0.231. The third kappa shape index (κ3) is 2.53. The van der Waals surface area contributed by atoms with Crippen molar-refractivity contribution in [3.63, 3.8) is 0 Å². The summed E-state index contributed by atoms with van der Waals surface area (Å²) >= 11 is 1.63. The second-order valence-electron chi connectivity index (χ2n) is 4.05. The molecule has 0 bridgehead atoms. The number of thiophene rings is 1. The number of anilines is 1. The highest BCUT2D eigenvalue weighted by Gasteiger charge is 2.14. The zero-order valence-electron chi connectivity index (χ0n) is 10.4. The van der Waals surface area contributed by atoms with Crippen LogP contribution in [0.2, 0.25) is 0 Å². The van der Waals surface area contributed by atoms with Crippen LogP contribution in [0.1, 0.15) is 28.5 Å². The topological polar surface area (TPSA) is 72.9 Å². The van der Waals surface area contributed by atoms with E-state index in [1.165, 1.54) is 5.56 Å². The maximum absolute atomic E-state index is 11.9. The maximum atomic E-state index is 11.9. The Labute approximate surface area is 110 Å². The Kier molecular flexibility index (Phi) is 3.66.